The van der Waals surface area contributed by atoms with Gasteiger partial charge in [0.15, 0.2) is 0 Å². The van der Waals surface area contributed by atoms with Crippen LogP contribution >= 0.6 is 0 Å². The van der Waals surface area contributed by atoms with Crippen molar-refractivity contribution in [1.29, 1.82) is 0 Å². The van der Waals surface area contributed by atoms with E-state index in [4.69, 9.17) is 9.47 Å². The van der Waals surface area contributed by atoms with Gasteiger partial charge in [0.2, 0.25) is 10.0 Å². The largest absolute Gasteiger partial charge is 0.489 e. The van der Waals surface area contributed by atoms with E-state index in [0.717, 1.165) is 63.8 Å². The monoisotopic (exact) mass is 436 g/mol. The van der Waals surface area contributed by atoms with Crippen LogP contribution in [0.25, 0.3) is 0 Å². The minimum Gasteiger partial charge on any atom is -0.489 e. The molecule has 1 aliphatic carbocycles. The van der Waals surface area contributed by atoms with E-state index in [1.807, 2.05) is 0 Å². The molecule has 0 amide bonds. The minimum atomic E-state index is -3.26. The van der Waals surface area contributed by atoms with Gasteiger partial charge in [-0.2, -0.15) is 0 Å². The summed E-state index contributed by atoms with van der Waals surface area (Å²) in [5.74, 6) is 1.55. The smallest absolute Gasteiger partial charge is 0.209 e. The van der Waals surface area contributed by atoms with Crippen molar-refractivity contribution < 1.29 is 17.9 Å². The first-order chi connectivity index (χ1) is 14.4. The molecule has 1 N–H and O–H groups in total. The zero-order chi connectivity index (χ0) is 21.1. The van der Waals surface area contributed by atoms with E-state index < -0.39 is 10.0 Å². The molecule has 0 radical (unpaired) electrons. The molecule has 5 rings (SSSR count). The second kappa shape index (κ2) is 9.55. The maximum atomic E-state index is 12.0. The minimum absolute atomic E-state index is 0.0415. The standard InChI is InChI=1S/C23H36N2O4S/c1-3-18-15-25-14-6-8-21(24-30(2,26)27)22(25)16-28-19-12-10-17(11-13-19)20-7-4-5-9-23(20)29-18/h4-5,7,9,17-19,21-22,24H,3,6,8,10-16H2,1-2H3/t17-,18-,19+,21?,22?/m0/s1. The first kappa shape index (κ1) is 22.1. The number of fused-ring (bicyclic) bond motifs is 5. The van der Waals surface area contributed by atoms with E-state index in [1.165, 1.54) is 11.8 Å². The number of nitrogens with zero attached hydrogens (tertiary/aromatic N) is 1. The molecule has 1 aromatic carbocycles. The van der Waals surface area contributed by atoms with Gasteiger partial charge in [0.1, 0.15) is 11.9 Å². The first-order valence-electron chi connectivity index (χ1n) is 11.5. The molecule has 7 heteroatoms. The van der Waals surface area contributed by atoms with E-state index >= 15 is 0 Å². The Morgan fingerprint density at radius 3 is 2.63 bits per heavy atom. The van der Waals surface area contributed by atoms with E-state index in [-0.39, 0.29) is 24.3 Å². The van der Waals surface area contributed by atoms with E-state index in [9.17, 15) is 8.42 Å². The fourth-order valence-electron chi connectivity index (χ4n) is 5.38. The summed E-state index contributed by atoms with van der Waals surface area (Å²) < 4.78 is 39.8. The van der Waals surface area contributed by atoms with Crippen LogP contribution in [0.2, 0.25) is 0 Å². The molecule has 3 aliphatic heterocycles. The van der Waals surface area contributed by atoms with E-state index in [2.05, 4.69) is 40.8 Å². The van der Waals surface area contributed by atoms with Crippen LogP contribution in [0.5, 0.6) is 5.75 Å². The van der Waals surface area contributed by atoms with Gasteiger partial charge in [0.25, 0.3) is 0 Å². The molecule has 2 unspecified atom stereocenters. The lowest BCUT2D eigenvalue weighted by molar-refractivity contribution is -0.0335. The Bertz CT molecular complexity index is 807. The summed E-state index contributed by atoms with van der Waals surface area (Å²) in [5.41, 5.74) is 1.33. The highest BCUT2D eigenvalue weighted by Crippen LogP contribution is 2.39. The topological polar surface area (TPSA) is 67.9 Å². The Kier molecular flexibility index (Phi) is 7.02. The molecule has 6 nitrogen and oxygen atoms in total. The van der Waals surface area contributed by atoms with Gasteiger partial charge >= 0.3 is 0 Å². The molecule has 1 aromatic rings. The number of nitrogens with one attached hydrogen (secondary N) is 1. The summed E-state index contributed by atoms with van der Waals surface area (Å²) in [5, 5.41) is 0. The molecule has 3 heterocycles. The normalized spacial score (nSPS) is 33.3. The maximum absolute atomic E-state index is 12.0. The summed E-state index contributed by atoms with van der Waals surface area (Å²) in [6.07, 6.45) is 8.65. The quantitative estimate of drug-likeness (QED) is 0.788. The molecular formula is C23H36N2O4S. The Morgan fingerprint density at radius 2 is 1.90 bits per heavy atom. The SMILES string of the molecule is CC[C@H]1CN2CCCC(NS(C)(=O)=O)C2CO[C@H]2CC[C@H](CC2)c2ccccc2O1. The number of hydrogen-bond acceptors (Lipinski definition) is 5. The first-order valence-corrected chi connectivity index (χ1v) is 13.4. The van der Waals surface area contributed by atoms with E-state index in [1.54, 1.807) is 0 Å². The van der Waals surface area contributed by atoms with Crippen LogP contribution in [0.1, 0.15) is 63.4 Å². The van der Waals surface area contributed by atoms with Crippen molar-refractivity contribution in [3.63, 3.8) is 0 Å². The molecule has 168 valence electrons. The second-order valence-corrected chi connectivity index (χ2v) is 11.0. The molecular weight excluding hydrogens is 400 g/mol. The van der Waals surface area contributed by atoms with Gasteiger partial charge in [-0.25, -0.2) is 13.1 Å². The predicted octanol–water partition coefficient (Wildman–Crippen LogP) is 3.28. The van der Waals surface area contributed by atoms with Crippen molar-refractivity contribution in [1.82, 2.24) is 9.62 Å². The number of hydrogen-bond donors (Lipinski definition) is 1. The third-order valence-corrected chi connectivity index (χ3v) is 7.71. The molecule has 2 fully saturated rings. The van der Waals surface area contributed by atoms with Crippen LogP contribution in [0.4, 0.5) is 0 Å². The zero-order valence-corrected chi connectivity index (χ0v) is 19.1. The summed E-state index contributed by atoms with van der Waals surface area (Å²) in [6, 6.07) is 8.45. The lowest BCUT2D eigenvalue weighted by Crippen LogP contribution is -2.59. The molecule has 1 saturated carbocycles. The van der Waals surface area contributed by atoms with Gasteiger partial charge in [0, 0.05) is 18.6 Å². The Labute approximate surface area is 181 Å². The van der Waals surface area contributed by atoms with Crippen molar-refractivity contribution >= 4 is 10.0 Å². The Balaban J connectivity index is 1.62. The second-order valence-electron chi connectivity index (χ2n) is 9.19. The summed E-state index contributed by atoms with van der Waals surface area (Å²) in [6.45, 7) is 4.48. The molecule has 0 aromatic heterocycles. The average Bonchev–Trinajstić information content (AvgIpc) is 2.74. The van der Waals surface area contributed by atoms with Crippen LogP contribution in [-0.4, -0.2) is 63.6 Å². The summed E-state index contributed by atoms with van der Waals surface area (Å²) in [7, 11) is -3.26. The van der Waals surface area contributed by atoms with Crippen molar-refractivity contribution in [3.05, 3.63) is 29.8 Å². The summed E-state index contributed by atoms with van der Waals surface area (Å²) in [4.78, 5) is 2.40. The van der Waals surface area contributed by atoms with Gasteiger partial charge in [-0.15, -0.1) is 0 Å². The molecule has 3 atom stereocenters. The van der Waals surface area contributed by atoms with Crippen molar-refractivity contribution in [2.45, 2.75) is 82.1 Å². The van der Waals surface area contributed by atoms with E-state index in [0.29, 0.717) is 12.5 Å². The summed E-state index contributed by atoms with van der Waals surface area (Å²) >= 11 is 0. The number of sulfonamides is 1. The Hall–Kier alpha value is -1.15. The third kappa shape index (κ3) is 5.36. The van der Waals surface area contributed by atoms with Gasteiger partial charge in [-0.1, -0.05) is 25.1 Å². The molecule has 1 saturated heterocycles. The van der Waals surface area contributed by atoms with Crippen molar-refractivity contribution in [2.75, 3.05) is 26.0 Å². The van der Waals surface area contributed by atoms with Crippen molar-refractivity contribution in [2.24, 2.45) is 0 Å². The Morgan fingerprint density at radius 1 is 1.13 bits per heavy atom. The highest BCUT2D eigenvalue weighted by molar-refractivity contribution is 7.88. The number of benzene rings is 1. The molecule has 2 bridgehead atoms. The zero-order valence-electron chi connectivity index (χ0n) is 18.3. The lowest BCUT2D eigenvalue weighted by Gasteiger charge is -2.43. The van der Waals surface area contributed by atoms with Crippen LogP contribution in [-0.2, 0) is 14.8 Å². The number of para-hydroxylation sites is 1. The number of piperidine rings is 1. The molecule has 0 spiro atoms. The van der Waals surface area contributed by atoms with Crippen LogP contribution in [0.15, 0.2) is 24.3 Å². The van der Waals surface area contributed by atoms with Gasteiger partial charge in [-0.05, 0) is 69.0 Å². The van der Waals surface area contributed by atoms with Crippen LogP contribution in [0.3, 0.4) is 0 Å². The number of ether oxygens (including phenoxy) is 2. The molecule has 30 heavy (non-hydrogen) atoms. The van der Waals surface area contributed by atoms with Gasteiger partial charge in [0.05, 0.1) is 19.0 Å². The fraction of sp³-hybridized carbons (Fsp3) is 0.739. The number of rotatable bonds is 3. The fourth-order valence-corrected chi connectivity index (χ4v) is 6.20. The highest BCUT2D eigenvalue weighted by atomic mass is 32.2. The maximum Gasteiger partial charge on any atom is 0.209 e. The third-order valence-electron chi connectivity index (χ3n) is 6.98. The lowest BCUT2D eigenvalue weighted by atomic mass is 9.82. The van der Waals surface area contributed by atoms with Crippen molar-refractivity contribution in [3.8, 4) is 5.75 Å². The average molecular weight is 437 g/mol. The van der Waals surface area contributed by atoms with Gasteiger partial charge < -0.3 is 9.47 Å². The van der Waals surface area contributed by atoms with Crippen LogP contribution in [0, 0.1) is 0 Å². The van der Waals surface area contributed by atoms with Crippen LogP contribution < -0.4 is 9.46 Å². The molecule has 4 aliphatic rings. The highest BCUT2D eigenvalue weighted by Gasteiger charge is 2.36. The predicted molar refractivity (Wildman–Crippen MR) is 118 cm³/mol. The van der Waals surface area contributed by atoms with Gasteiger partial charge in [-0.3, -0.25) is 4.90 Å².